The molecule has 0 fully saturated rings. The van der Waals surface area contributed by atoms with Crippen LogP contribution in [-0.4, -0.2) is 0 Å². The second kappa shape index (κ2) is 2.62. The van der Waals surface area contributed by atoms with Gasteiger partial charge < -0.3 is 5.73 Å². The van der Waals surface area contributed by atoms with E-state index in [1.165, 1.54) is 9.75 Å². The Kier molecular flexibility index (Phi) is 2.00. The Morgan fingerprint density at radius 2 is 2.10 bits per heavy atom. The van der Waals surface area contributed by atoms with Gasteiger partial charge in [-0.25, -0.2) is 0 Å². The molecule has 0 saturated heterocycles. The first-order valence-corrected chi connectivity index (χ1v) is 4.28. The third-order valence-corrected chi connectivity index (χ3v) is 2.81. The summed E-state index contributed by atoms with van der Waals surface area (Å²) in [5, 5.41) is 0. The van der Waals surface area contributed by atoms with Crippen molar-refractivity contribution in [3.05, 3.63) is 15.8 Å². The van der Waals surface area contributed by atoms with Crippen molar-refractivity contribution < 1.29 is 0 Å². The predicted octanol–water partition coefficient (Wildman–Crippen LogP) is 2.76. The Labute approximate surface area is 65.9 Å². The first kappa shape index (κ1) is 7.61. The molecule has 0 spiro atoms. The van der Waals surface area contributed by atoms with Crippen molar-refractivity contribution in [1.82, 2.24) is 0 Å². The number of rotatable bonds is 1. The highest BCUT2D eigenvalue weighted by Gasteiger charge is 2.06. The average Bonchev–Trinajstić information content (AvgIpc) is 2.10. The van der Waals surface area contributed by atoms with Gasteiger partial charge in [-0.2, -0.15) is 0 Å². The lowest BCUT2D eigenvalue weighted by Gasteiger charge is -2.00. The summed E-state index contributed by atoms with van der Waals surface area (Å²) in [5.41, 5.74) is 6.71. The minimum absolute atomic E-state index is 0.568. The molecule has 0 radical (unpaired) electrons. The molecule has 0 saturated carbocycles. The molecular weight excluding hydrogens is 142 g/mol. The van der Waals surface area contributed by atoms with E-state index in [4.69, 9.17) is 5.73 Å². The first-order chi connectivity index (χ1) is 4.61. The van der Waals surface area contributed by atoms with E-state index in [2.05, 4.69) is 20.8 Å². The van der Waals surface area contributed by atoms with E-state index in [9.17, 15) is 0 Å². The number of nitrogens with two attached hydrogens (primary N) is 1. The molecule has 10 heavy (non-hydrogen) atoms. The summed E-state index contributed by atoms with van der Waals surface area (Å²) in [6, 6.07) is 2.04. The van der Waals surface area contributed by atoms with Crippen molar-refractivity contribution in [2.45, 2.75) is 26.7 Å². The van der Waals surface area contributed by atoms with E-state index in [-0.39, 0.29) is 0 Å². The zero-order chi connectivity index (χ0) is 7.72. The average molecular weight is 155 g/mol. The molecule has 56 valence electrons. The Hall–Kier alpha value is -0.500. The van der Waals surface area contributed by atoms with Crippen LogP contribution in [0.15, 0.2) is 6.07 Å². The fourth-order valence-corrected chi connectivity index (χ4v) is 1.95. The maximum absolute atomic E-state index is 5.75. The standard InChI is InChI=1S/C8H13NS/c1-5(2)8-7(9)4-6(3)10-8/h4-5H,9H2,1-3H3. The maximum atomic E-state index is 5.75. The molecule has 1 aromatic rings. The zero-order valence-electron chi connectivity index (χ0n) is 6.64. The van der Waals surface area contributed by atoms with E-state index in [1.54, 1.807) is 11.3 Å². The summed E-state index contributed by atoms with van der Waals surface area (Å²) < 4.78 is 0. The largest absolute Gasteiger partial charge is 0.398 e. The fraction of sp³-hybridized carbons (Fsp3) is 0.500. The molecule has 1 heterocycles. The second-order valence-corrected chi connectivity index (χ2v) is 4.12. The molecule has 0 bridgehead atoms. The smallest absolute Gasteiger partial charge is 0.0460 e. The first-order valence-electron chi connectivity index (χ1n) is 3.47. The highest BCUT2D eigenvalue weighted by atomic mass is 32.1. The zero-order valence-corrected chi connectivity index (χ0v) is 7.46. The van der Waals surface area contributed by atoms with Crippen molar-refractivity contribution in [2.75, 3.05) is 5.73 Å². The monoisotopic (exact) mass is 155 g/mol. The van der Waals surface area contributed by atoms with Crippen LogP contribution in [0, 0.1) is 6.92 Å². The van der Waals surface area contributed by atoms with Crippen LogP contribution in [0.3, 0.4) is 0 Å². The number of anilines is 1. The van der Waals surface area contributed by atoms with Crippen molar-refractivity contribution in [3.8, 4) is 0 Å². The van der Waals surface area contributed by atoms with Gasteiger partial charge in [0, 0.05) is 15.4 Å². The Bertz CT molecular complexity index is 225. The summed E-state index contributed by atoms with van der Waals surface area (Å²) >= 11 is 1.80. The van der Waals surface area contributed by atoms with E-state index in [0.29, 0.717) is 5.92 Å². The molecule has 0 atom stereocenters. The molecule has 0 amide bonds. The van der Waals surface area contributed by atoms with Crippen LogP contribution >= 0.6 is 11.3 Å². The van der Waals surface area contributed by atoms with Crippen LogP contribution in [-0.2, 0) is 0 Å². The van der Waals surface area contributed by atoms with Crippen LogP contribution in [0.1, 0.15) is 29.5 Å². The molecule has 0 unspecified atom stereocenters. The minimum Gasteiger partial charge on any atom is -0.398 e. The van der Waals surface area contributed by atoms with Crippen LogP contribution in [0.25, 0.3) is 0 Å². The normalized spacial score (nSPS) is 10.8. The van der Waals surface area contributed by atoms with Gasteiger partial charge in [-0.05, 0) is 18.9 Å². The predicted molar refractivity (Wildman–Crippen MR) is 47.6 cm³/mol. The van der Waals surface area contributed by atoms with Crippen molar-refractivity contribution in [2.24, 2.45) is 0 Å². The van der Waals surface area contributed by atoms with Gasteiger partial charge in [-0.1, -0.05) is 13.8 Å². The molecule has 0 aromatic carbocycles. The number of hydrogen-bond donors (Lipinski definition) is 1. The minimum atomic E-state index is 0.568. The topological polar surface area (TPSA) is 26.0 Å². The maximum Gasteiger partial charge on any atom is 0.0460 e. The van der Waals surface area contributed by atoms with E-state index < -0.39 is 0 Å². The molecule has 1 rings (SSSR count). The quantitative estimate of drug-likeness (QED) is 0.663. The Morgan fingerprint density at radius 1 is 1.50 bits per heavy atom. The van der Waals surface area contributed by atoms with Gasteiger partial charge in [0.25, 0.3) is 0 Å². The van der Waals surface area contributed by atoms with Gasteiger partial charge in [-0.15, -0.1) is 11.3 Å². The van der Waals surface area contributed by atoms with Gasteiger partial charge in [0.15, 0.2) is 0 Å². The molecule has 0 aliphatic rings. The third kappa shape index (κ3) is 1.32. The number of aryl methyl sites for hydroxylation is 1. The highest BCUT2D eigenvalue weighted by Crippen LogP contribution is 2.30. The van der Waals surface area contributed by atoms with Crippen molar-refractivity contribution in [3.63, 3.8) is 0 Å². The van der Waals surface area contributed by atoms with E-state index in [0.717, 1.165) is 5.69 Å². The van der Waals surface area contributed by atoms with Crippen LogP contribution in [0.5, 0.6) is 0 Å². The number of nitrogen functional groups attached to an aromatic ring is 1. The van der Waals surface area contributed by atoms with Crippen molar-refractivity contribution in [1.29, 1.82) is 0 Å². The summed E-state index contributed by atoms with van der Waals surface area (Å²) in [6.07, 6.45) is 0. The molecule has 2 heteroatoms. The lowest BCUT2D eigenvalue weighted by molar-refractivity contribution is 0.892. The SMILES string of the molecule is Cc1cc(N)c(C(C)C)s1. The van der Waals surface area contributed by atoms with Gasteiger partial charge in [-0.3, -0.25) is 0 Å². The van der Waals surface area contributed by atoms with Crippen LogP contribution < -0.4 is 5.73 Å². The molecule has 1 nitrogen and oxygen atoms in total. The van der Waals surface area contributed by atoms with Crippen molar-refractivity contribution >= 4 is 17.0 Å². The number of hydrogen-bond acceptors (Lipinski definition) is 2. The second-order valence-electron chi connectivity index (χ2n) is 2.83. The summed E-state index contributed by atoms with van der Waals surface area (Å²) in [7, 11) is 0. The van der Waals surface area contributed by atoms with E-state index >= 15 is 0 Å². The molecular formula is C8H13NS. The molecule has 2 N–H and O–H groups in total. The summed E-state index contributed by atoms with van der Waals surface area (Å²) in [6.45, 7) is 6.43. The van der Waals surface area contributed by atoms with Gasteiger partial charge in [0.2, 0.25) is 0 Å². The molecule has 0 aliphatic carbocycles. The third-order valence-electron chi connectivity index (χ3n) is 1.44. The summed E-state index contributed by atoms with van der Waals surface area (Å²) in [5.74, 6) is 0.568. The summed E-state index contributed by atoms with van der Waals surface area (Å²) in [4.78, 5) is 2.62. The van der Waals surface area contributed by atoms with Gasteiger partial charge in [0.05, 0.1) is 0 Å². The Balaban J connectivity index is 3.03. The molecule has 1 aromatic heterocycles. The fourth-order valence-electron chi connectivity index (χ4n) is 1.00. The number of thiophene rings is 1. The highest BCUT2D eigenvalue weighted by molar-refractivity contribution is 7.12. The van der Waals surface area contributed by atoms with E-state index in [1.807, 2.05) is 6.07 Å². The van der Waals surface area contributed by atoms with Gasteiger partial charge in [0.1, 0.15) is 0 Å². The Morgan fingerprint density at radius 3 is 2.30 bits per heavy atom. The lowest BCUT2D eigenvalue weighted by atomic mass is 10.1. The van der Waals surface area contributed by atoms with Gasteiger partial charge >= 0.3 is 0 Å². The molecule has 0 aliphatic heterocycles. The van der Waals surface area contributed by atoms with Crippen LogP contribution in [0.2, 0.25) is 0 Å². The van der Waals surface area contributed by atoms with Crippen LogP contribution in [0.4, 0.5) is 5.69 Å². The lowest BCUT2D eigenvalue weighted by Crippen LogP contribution is -1.89.